The molecule has 1 aromatic heterocycles. The van der Waals surface area contributed by atoms with Crippen molar-refractivity contribution in [2.24, 2.45) is 5.73 Å². The van der Waals surface area contributed by atoms with Crippen molar-refractivity contribution in [3.8, 4) is 5.75 Å². The molecular formula is C8H11BrN2O. The Morgan fingerprint density at radius 1 is 1.58 bits per heavy atom. The summed E-state index contributed by atoms with van der Waals surface area (Å²) in [4.78, 5) is 4.21. The van der Waals surface area contributed by atoms with Crippen LogP contribution in [0.5, 0.6) is 5.75 Å². The van der Waals surface area contributed by atoms with Gasteiger partial charge in [-0.15, -0.1) is 0 Å². The van der Waals surface area contributed by atoms with Crippen LogP contribution in [0.4, 0.5) is 0 Å². The van der Waals surface area contributed by atoms with Crippen LogP contribution in [0.15, 0.2) is 16.7 Å². The van der Waals surface area contributed by atoms with Crippen molar-refractivity contribution in [2.75, 3.05) is 7.11 Å². The number of hydrogen-bond donors (Lipinski definition) is 1. The van der Waals surface area contributed by atoms with Crippen molar-refractivity contribution < 1.29 is 4.74 Å². The summed E-state index contributed by atoms with van der Waals surface area (Å²) in [6.45, 7) is 1.89. The van der Waals surface area contributed by atoms with Crippen LogP contribution < -0.4 is 10.5 Å². The smallest absolute Gasteiger partial charge is 0.151 e. The van der Waals surface area contributed by atoms with Crippen LogP contribution in [0.25, 0.3) is 0 Å². The molecule has 0 radical (unpaired) electrons. The molecule has 1 heterocycles. The van der Waals surface area contributed by atoms with E-state index in [0.29, 0.717) is 4.60 Å². The first-order valence-corrected chi connectivity index (χ1v) is 4.40. The summed E-state index contributed by atoms with van der Waals surface area (Å²) < 4.78 is 5.72. The average Bonchev–Trinajstić information content (AvgIpc) is 2.04. The van der Waals surface area contributed by atoms with Gasteiger partial charge in [-0.1, -0.05) is 0 Å². The van der Waals surface area contributed by atoms with Gasteiger partial charge < -0.3 is 10.5 Å². The molecule has 1 atom stereocenters. The van der Waals surface area contributed by atoms with Crippen molar-refractivity contribution in [1.82, 2.24) is 4.98 Å². The van der Waals surface area contributed by atoms with Crippen LogP contribution >= 0.6 is 15.9 Å². The number of nitrogens with two attached hydrogens (primary N) is 1. The second-order valence-electron chi connectivity index (χ2n) is 2.52. The predicted octanol–water partition coefficient (Wildman–Crippen LogP) is 1.87. The SMILES string of the molecule is COc1ccc([C@H](C)N)nc1Br. The van der Waals surface area contributed by atoms with E-state index in [9.17, 15) is 0 Å². The highest BCUT2D eigenvalue weighted by atomic mass is 79.9. The lowest BCUT2D eigenvalue weighted by Gasteiger charge is -2.07. The van der Waals surface area contributed by atoms with Crippen LogP contribution in [-0.4, -0.2) is 12.1 Å². The third-order valence-electron chi connectivity index (χ3n) is 1.52. The Balaban J connectivity index is 3.02. The summed E-state index contributed by atoms with van der Waals surface area (Å²) in [5.74, 6) is 0.722. The molecule has 1 rings (SSSR count). The Morgan fingerprint density at radius 2 is 2.25 bits per heavy atom. The van der Waals surface area contributed by atoms with Gasteiger partial charge in [-0.05, 0) is 35.0 Å². The van der Waals surface area contributed by atoms with E-state index in [4.69, 9.17) is 10.5 Å². The van der Waals surface area contributed by atoms with Gasteiger partial charge >= 0.3 is 0 Å². The minimum absolute atomic E-state index is 0.0489. The van der Waals surface area contributed by atoms with Gasteiger partial charge in [0.15, 0.2) is 5.75 Å². The zero-order chi connectivity index (χ0) is 9.14. The molecule has 2 N–H and O–H groups in total. The van der Waals surface area contributed by atoms with E-state index >= 15 is 0 Å². The number of aromatic nitrogens is 1. The van der Waals surface area contributed by atoms with Crippen LogP contribution in [0.1, 0.15) is 18.7 Å². The normalized spacial score (nSPS) is 12.7. The summed E-state index contributed by atoms with van der Waals surface area (Å²) in [5.41, 5.74) is 6.50. The Bertz CT molecular complexity index is 276. The number of hydrogen-bond acceptors (Lipinski definition) is 3. The number of nitrogens with zero attached hydrogens (tertiary/aromatic N) is 1. The lowest BCUT2D eigenvalue weighted by Crippen LogP contribution is -2.07. The number of pyridine rings is 1. The topological polar surface area (TPSA) is 48.1 Å². The highest BCUT2D eigenvalue weighted by Crippen LogP contribution is 2.23. The Morgan fingerprint density at radius 3 is 2.67 bits per heavy atom. The molecule has 1 aromatic rings. The molecule has 3 nitrogen and oxygen atoms in total. The van der Waals surface area contributed by atoms with Crippen LogP contribution in [0.3, 0.4) is 0 Å². The van der Waals surface area contributed by atoms with Crippen molar-refractivity contribution in [2.45, 2.75) is 13.0 Å². The molecule has 0 saturated heterocycles. The first kappa shape index (κ1) is 9.48. The molecule has 0 fully saturated rings. The van der Waals surface area contributed by atoms with Crippen LogP contribution in [0.2, 0.25) is 0 Å². The fraction of sp³-hybridized carbons (Fsp3) is 0.375. The van der Waals surface area contributed by atoms with Gasteiger partial charge in [0, 0.05) is 6.04 Å². The largest absolute Gasteiger partial charge is 0.494 e. The molecule has 0 bridgehead atoms. The average molecular weight is 231 g/mol. The highest BCUT2D eigenvalue weighted by Gasteiger charge is 2.05. The third kappa shape index (κ3) is 1.95. The summed E-state index contributed by atoms with van der Waals surface area (Å²) in [6.07, 6.45) is 0. The summed E-state index contributed by atoms with van der Waals surface area (Å²) >= 11 is 3.28. The van der Waals surface area contributed by atoms with Crippen molar-refractivity contribution in [1.29, 1.82) is 0 Å². The van der Waals surface area contributed by atoms with Crippen LogP contribution in [-0.2, 0) is 0 Å². The third-order valence-corrected chi connectivity index (χ3v) is 2.09. The number of methoxy groups -OCH3 is 1. The predicted molar refractivity (Wildman–Crippen MR) is 51.1 cm³/mol. The van der Waals surface area contributed by atoms with E-state index in [2.05, 4.69) is 20.9 Å². The number of ether oxygens (including phenoxy) is 1. The molecule has 0 amide bonds. The second kappa shape index (κ2) is 3.87. The minimum atomic E-state index is -0.0489. The lowest BCUT2D eigenvalue weighted by atomic mass is 10.2. The first-order valence-electron chi connectivity index (χ1n) is 3.61. The van der Waals surface area contributed by atoms with Gasteiger partial charge in [0.05, 0.1) is 12.8 Å². The van der Waals surface area contributed by atoms with Gasteiger partial charge in [-0.2, -0.15) is 0 Å². The lowest BCUT2D eigenvalue weighted by molar-refractivity contribution is 0.409. The molecule has 0 unspecified atom stereocenters. The summed E-state index contributed by atoms with van der Waals surface area (Å²) in [6, 6.07) is 3.65. The van der Waals surface area contributed by atoms with Gasteiger partial charge in [0.25, 0.3) is 0 Å². The van der Waals surface area contributed by atoms with Crippen molar-refractivity contribution >= 4 is 15.9 Å². The molecule has 0 saturated carbocycles. The van der Waals surface area contributed by atoms with Gasteiger partial charge in [-0.25, -0.2) is 4.98 Å². The summed E-state index contributed by atoms with van der Waals surface area (Å²) in [7, 11) is 1.60. The molecule has 0 aliphatic rings. The minimum Gasteiger partial charge on any atom is -0.494 e. The fourth-order valence-corrected chi connectivity index (χ4v) is 1.34. The number of halogens is 1. The standard InChI is InChI=1S/C8H11BrN2O/c1-5(10)6-3-4-7(12-2)8(9)11-6/h3-5H,10H2,1-2H3/t5-/m0/s1. The molecule has 0 spiro atoms. The van der Waals surface area contributed by atoms with Gasteiger partial charge in [0.1, 0.15) is 4.60 Å². The Kier molecular flexibility index (Phi) is 3.05. The van der Waals surface area contributed by atoms with E-state index in [-0.39, 0.29) is 6.04 Å². The first-order chi connectivity index (χ1) is 5.65. The van der Waals surface area contributed by atoms with E-state index in [1.807, 2.05) is 19.1 Å². The van der Waals surface area contributed by atoms with E-state index in [0.717, 1.165) is 11.4 Å². The second-order valence-corrected chi connectivity index (χ2v) is 3.27. The van der Waals surface area contributed by atoms with E-state index in [1.54, 1.807) is 7.11 Å². The zero-order valence-corrected chi connectivity index (χ0v) is 8.63. The van der Waals surface area contributed by atoms with E-state index < -0.39 is 0 Å². The van der Waals surface area contributed by atoms with Crippen LogP contribution in [0, 0.1) is 0 Å². The highest BCUT2D eigenvalue weighted by molar-refractivity contribution is 9.10. The monoisotopic (exact) mass is 230 g/mol. The van der Waals surface area contributed by atoms with Gasteiger partial charge in [0.2, 0.25) is 0 Å². The van der Waals surface area contributed by atoms with Crippen molar-refractivity contribution in [3.63, 3.8) is 0 Å². The maximum absolute atomic E-state index is 5.65. The fourth-order valence-electron chi connectivity index (χ4n) is 0.841. The van der Waals surface area contributed by atoms with Crippen molar-refractivity contribution in [3.05, 3.63) is 22.4 Å². The van der Waals surface area contributed by atoms with Gasteiger partial charge in [-0.3, -0.25) is 0 Å². The van der Waals surface area contributed by atoms with E-state index in [1.165, 1.54) is 0 Å². The number of rotatable bonds is 2. The molecule has 66 valence electrons. The Labute approximate surface area is 80.1 Å². The quantitative estimate of drug-likeness (QED) is 0.790. The summed E-state index contributed by atoms with van der Waals surface area (Å²) in [5, 5.41) is 0. The molecular weight excluding hydrogens is 220 g/mol. The maximum atomic E-state index is 5.65. The Hall–Kier alpha value is -0.610. The molecule has 0 aromatic carbocycles. The molecule has 12 heavy (non-hydrogen) atoms. The molecule has 0 aliphatic heterocycles. The molecule has 0 aliphatic carbocycles. The molecule has 4 heteroatoms. The maximum Gasteiger partial charge on any atom is 0.151 e. The zero-order valence-electron chi connectivity index (χ0n) is 7.04.